The normalized spacial score (nSPS) is 11.7. The molecule has 0 saturated heterocycles. The summed E-state index contributed by atoms with van der Waals surface area (Å²) in [5.41, 5.74) is -0.439. The molecule has 146 valence electrons. The summed E-state index contributed by atoms with van der Waals surface area (Å²) in [4.78, 5) is 29.6. The lowest BCUT2D eigenvalue weighted by Crippen LogP contribution is -2.16. The molecule has 8 heteroatoms. The van der Waals surface area contributed by atoms with Crippen LogP contribution in [0, 0.1) is 6.92 Å². The molecule has 1 N–H and O–H groups in total. The van der Waals surface area contributed by atoms with Crippen LogP contribution in [0.25, 0.3) is 22.1 Å². The van der Waals surface area contributed by atoms with Crippen molar-refractivity contribution in [1.29, 1.82) is 0 Å². The number of para-hydroxylation sites is 1. The number of rotatable bonds is 2. The van der Waals surface area contributed by atoms with Gasteiger partial charge in [-0.3, -0.25) is 9.59 Å². The second-order valence-electron chi connectivity index (χ2n) is 6.43. The first kappa shape index (κ1) is 18.7. The van der Waals surface area contributed by atoms with Crippen molar-refractivity contribution in [3.8, 4) is 0 Å². The highest BCUT2D eigenvalue weighted by Crippen LogP contribution is 2.31. The first-order chi connectivity index (χ1) is 13.7. The number of aromatic nitrogens is 1. The van der Waals surface area contributed by atoms with E-state index < -0.39 is 17.6 Å². The van der Waals surface area contributed by atoms with Gasteiger partial charge in [0.05, 0.1) is 27.6 Å². The Morgan fingerprint density at radius 1 is 1.03 bits per heavy atom. The number of fused-ring (bicyclic) bond motifs is 2. The van der Waals surface area contributed by atoms with Gasteiger partial charge in [-0.15, -0.1) is 0 Å². The number of halogens is 3. The molecule has 0 radical (unpaired) electrons. The predicted octanol–water partition coefficient (Wildman–Crippen LogP) is 4.92. The largest absolute Gasteiger partial charge is 0.437 e. The molecule has 2 aromatic heterocycles. The minimum Gasteiger partial charge on any atom is -0.437 e. The Labute approximate surface area is 161 Å². The summed E-state index contributed by atoms with van der Waals surface area (Å²) in [5, 5.41) is 2.88. The first-order valence-electron chi connectivity index (χ1n) is 8.56. The number of nitrogens with zero attached hydrogens (tertiary/aromatic N) is 1. The molecule has 29 heavy (non-hydrogen) atoms. The second kappa shape index (κ2) is 6.73. The fourth-order valence-corrected chi connectivity index (χ4v) is 3.02. The van der Waals surface area contributed by atoms with Crippen molar-refractivity contribution in [3.63, 3.8) is 0 Å². The Bertz CT molecular complexity index is 1330. The number of anilines is 1. The average molecular weight is 398 g/mol. The molecule has 2 aromatic carbocycles. The molecule has 0 aliphatic heterocycles. The van der Waals surface area contributed by atoms with E-state index >= 15 is 0 Å². The molecular weight excluding hydrogens is 385 g/mol. The van der Waals surface area contributed by atoms with Gasteiger partial charge in [-0.2, -0.15) is 13.2 Å². The lowest BCUT2D eigenvalue weighted by atomic mass is 10.1. The number of amides is 1. The molecule has 0 aliphatic carbocycles. The molecule has 4 rings (SSSR count). The van der Waals surface area contributed by atoms with Crippen LogP contribution >= 0.6 is 0 Å². The van der Waals surface area contributed by atoms with Crippen molar-refractivity contribution in [1.82, 2.24) is 4.98 Å². The van der Waals surface area contributed by atoms with Crippen LogP contribution in [-0.2, 0) is 6.18 Å². The molecule has 4 aromatic rings. The Morgan fingerprint density at radius 3 is 2.55 bits per heavy atom. The summed E-state index contributed by atoms with van der Waals surface area (Å²) in [7, 11) is 0. The second-order valence-corrected chi connectivity index (χ2v) is 6.43. The van der Waals surface area contributed by atoms with Crippen molar-refractivity contribution >= 4 is 33.7 Å². The number of hydrogen-bond acceptors (Lipinski definition) is 4. The zero-order valence-electron chi connectivity index (χ0n) is 15.0. The third-order valence-corrected chi connectivity index (χ3v) is 4.45. The minimum absolute atomic E-state index is 0.0186. The van der Waals surface area contributed by atoms with E-state index in [1.807, 2.05) is 0 Å². The first-order valence-corrected chi connectivity index (χ1v) is 8.56. The number of hydrogen-bond donors (Lipinski definition) is 1. The Hall–Kier alpha value is -3.68. The standard InChI is InChI=1S/C21H13F3N2O3/c1-11-15(19(28)26-13-6-4-5-12(9-13)21(22,23)24)10-16-18(27)14-7-2-3-8-17(14)29-20(16)25-11/h2-10H,1H3,(H,26,28). The van der Waals surface area contributed by atoms with E-state index in [0.29, 0.717) is 11.0 Å². The number of carbonyl (C=O) groups is 1. The van der Waals surface area contributed by atoms with E-state index in [-0.39, 0.29) is 33.5 Å². The zero-order valence-corrected chi connectivity index (χ0v) is 15.0. The van der Waals surface area contributed by atoms with Gasteiger partial charge in [0, 0.05) is 5.69 Å². The van der Waals surface area contributed by atoms with Crippen LogP contribution in [0.4, 0.5) is 18.9 Å². The van der Waals surface area contributed by atoms with Crippen molar-refractivity contribution in [3.05, 3.63) is 81.6 Å². The highest BCUT2D eigenvalue weighted by atomic mass is 19.4. The van der Waals surface area contributed by atoms with Gasteiger partial charge >= 0.3 is 6.18 Å². The molecule has 0 atom stereocenters. The number of pyridine rings is 1. The summed E-state index contributed by atoms with van der Waals surface area (Å²) in [6.07, 6.45) is -4.53. The number of aryl methyl sites for hydroxylation is 1. The third kappa shape index (κ3) is 3.44. The van der Waals surface area contributed by atoms with Crippen LogP contribution in [-0.4, -0.2) is 10.9 Å². The van der Waals surface area contributed by atoms with Gasteiger partial charge in [-0.05, 0) is 43.3 Å². The fourth-order valence-electron chi connectivity index (χ4n) is 3.02. The summed E-state index contributed by atoms with van der Waals surface area (Å²) in [6.45, 7) is 1.55. The van der Waals surface area contributed by atoms with Gasteiger partial charge in [0.1, 0.15) is 5.58 Å². The van der Waals surface area contributed by atoms with Gasteiger partial charge in [-0.25, -0.2) is 4.98 Å². The molecule has 0 fully saturated rings. The van der Waals surface area contributed by atoms with Crippen LogP contribution in [0.5, 0.6) is 0 Å². The summed E-state index contributed by atoms with van der Waals surface area (Å²) < 4.78 is 44.3. The molecular formula is C21H13F3N2O3. The average Bonchev–Trinajstić information content (AvgIpc) is 2.67. The molecule has 2 heterocycles. The van der Waals surface area contributed by atoms with Crippen molar-refractivity contribution in [2.24, 2.45) is 0 Å². The topological polar surface area (TPSA) is 72.2 Å². The summed E-state index contributed by atoms with van der Waals surface area (Å²) >= 11 is 0. The summed E-state index contributed by atoms with van der Waals surface area (Å²) in [5.74, 6) is -0.677. The number of carbonyl (C=O) groups excluding carboxylic acids is 1. The Morgan fingerprint density at radius 2 is 1.79 bits per heavy atom. The number of alkyl halides is 3. The van der Waals surface area contributed by atoms with E-state index in [0.717, 1.165) is 12.1 Å². The number of nitrogens with one attached hydrogen (secondary N) is 1. The van der Waals surface area contributed by atoms with Crippen LogP contribution in [0.15, 0.2) is 63.8 Å². The molecule has 5 nitrogen and oxygen atoms in total. The van der Waals surface area contributed by atoms with Crippen LogP contribution in [0.2, 0.25) is 0 Å². The van der Waals surface area contributed by atoms with Gasteiger partial charge in [0.15, 0.2) is 0 Å². The van der Waals surface area contributed by atoms with Crippen LogP contribution in [0.1, 0.15) is 21.6 Å². The van der Waals surface area contributed by atoms with Gasteiger partial charge in [0.2, 0.25) is 11.1 Å². The number of benzene rings is 2. The van der Waals surface area contributed by atoms with Gasteiger partial charge in [0.25, 0.3) is 5.91 Å². The molecule has 0 aliphatic rings. The van der Waals surface area contributed by atoms with Crippen molar-refractivity contribution in [2.75, 3.05) is 5.32 Å². The Kier molecular flexibility index (Phi) is 4.34. The molecule has 0 bridgehead atoms. The Balaban J connectivity index is 1.76. The van der Waals surface area contributed by atoms with E-state index in [4.69, 9.17) is 4.42 Å². The van der Waals surface area contributed by atoms with Crippen molar-refractivity contribution in [2.45, 2.75) is 13.1 Å². The maximum Gasteiger partial charge on any atom is 0.416 e. The van der Waals surface area contributed by atoms with Crippen LogP contribution < -0.4 is 10.7 Å². The maximum atomic E-state index is 12.9. The minimum atomic E-state index is -4.53. The molecule has 0 unspecified atom stereocenters. The highest BCUT2D eigenvalue weighted by Gasteiger charge is 2.30. The molecule has 0 saturated carbocycles. The van der Waals surface area contributed by atoms with E-state index in [2.05, 4.69) is 10.3 Å². The molecule has 1 amide bonds. The monoisotopic (exact) mass is 398 g/mol. The smallest absolute Gasteiger partial charge is 0.416 e. The van der Waals surface area contributed by atoms with Gasteiger partial charge in [-0.1, -0.05) is 18.2 Å². The quantitative estimate of drug-likeness (QED) is 0.487. The lowest BCUT2D eigenvalue weighted by Gasteiger charge is -2.11. The van der Waals surface area contributed by atoms with Crippen LogP contribution in [0.3, 0.4) is 0 Å². The molecule has 0 spiro atoms. The zero-order chi connectivity index (χ0) is 20.8. The predicted molar refractivity (Wildman–Crippen MR) is 102 cm³/mol. The highest BCUT2D eigenvalue weighted by molar-refractivity contribution is 6.07. The van der Waals surface area contributed by atoms with E-state index in [9.17, 15) is 22.8 Å². The van der Waals surface area contributed by atoms with Crippen molar-refractivity contribution < 1.29 is 22.4 Å². The maximum absolute atomic E-state index is 12.9. The third-order valence-electron chi connectivity index (χ3n) is 4.45. The SMILES string of the molecule is Cc1nc2oc3ccccc3c(=O)c2cc1C(=O)Nc1cccc(C(F)(F)F)c1. The van der Waals surface area contributed by atoms with Gasteiger partial charge < -0.3 is 9.73 Å². The van der Waals surface area contributed by atoms with E-state index in [1.54, 1.807) is 31.2 Å². The lowest BCUT2D eigenvalue weighted by molar-refractivity contribution is -0.137. The fraction of sp³-hybridized carbons (Fsp3) is 0.0952. The summed E-state index contributed by atoms with van der Waals surface area (Å²) in [6, 6.07) is 12.3. The van der Waals surface area contributed by atoms with E-state index in [1.165, 1.54) is 18.2 Å².